The number of nitrogens with zero attached hydrogens (tertiary/aromatic N) is 4. The van der Waals surface area contributed by atoms with E-state index in [0.29, 0.717) is 35.1 Å². The molecule has 4 fully saturated rings. The Balaban J connectivity index is 0.000000557. The molecule has 0 aromatic heterocycles. The van der Waals surface area contributed by atoms with Crippen molar-refractivity contribution in [1.29, 1.82) is 0 Å². The van der Waals surface area contributed by atoms with Gasteiger partial charge in [0, 0.05) is 64.5 Å². The van der Waals surface area contributed by atoms with Crippen LogP contribution in [-0.4, -0.2) is 141 Å². The number of piperazine rings is 1. The number of rotatable bonds is 11. The highest BCUT2D eigenvalue weighted by molar-refractivity contribution is 7.89. The topological polar surface area (TPSA) is 157 Å². The molecule has 4 aliphatic heterocycles. The number of carbonyl (C=O) groups is 3. The van der Waals surface area contributed by atoms with Crippen LogP contribution in [0.5, 0.6) is 5.75 Å². The lowest BCUT2D eigenvalue weighted by atomic mass is 9.83. The third-order valence-electron chi connectivity index (χ3n) is 8.24. The van der Waals surface area contributed by atoms with Gasteiger partial charge in [-0.05, 0) is 69.0 Å². The van der Waals surface area contributed by atoms with Gasteiger partial charge >= 0.3 is 11.9 Å². The quantitative estimate of drug-likeness (QED) is 0.266. The molecule has 0 spiro atoms. The van der Waals surface area contributed by atoms with E-state index in [9.17, 15) is 22.8 Å². The van der Waals surface area contributed by atoms with Crippen molar-refractivity contribution >= 4 is 27.9 Å². The summed E-state index contributed by atoms with van der Waals surface area (Å²) in [5.41, 5.74) is 1.28. The van der Waals surface area contributed by atoms with Crippen LogP contribution >= 0.6 is 0 Å². The number of carbonyl (C=O) groups excluding carboxylic acids is 1. The molecule has 5 rings (SSSR count). The van der Waals surface area contributed by atoms with Gasteiger partial charge in [-0.2, -0.15) is 4.31 Å². The van der Waals surface area contributed by atoms with Crippen LogP contribution in [0.4, 0.5) is 0 Å². The maximum absolute atomic E-state index is 13.1. The molecule has 13 nitrogen and oxygen atoms in total. The molecule has 1 amide bonds. The Hall–Kier alpha value is -3.04. The Morgan fingerprint density at radius 1 is 0.977 bits per heavy atom. The van der Waals surface area contributed by atoms with Gasteiger partial charge in [-0.15, -0.1) is 0 Å². The van der Waals surface area contributed by atoms with Crippen LogP contribution in [0.1, 0.15) is 24.0 Å². The fraction of sp³-hybridized carbons (Fsp3) is 0.621. The third-order valence-corrected chi connectivity index (χ3v) is 10.4. The predicted molar refractivity (Wildman–Crippen MR) is 159 cm³/mol. The molecule has 2 N–H and O–H groups in total. The number of likely N-dealkylation sites (N-methyl/N-ethyl adjacent to an activating group) is 1. The highest BCUT2D eigenvalue weighted by Gasteiger charge is 2.38. The summed E-state index contributed by atoms with van der Waals surface area (Å²) in [5, 5.41) is 15.6. The number of methoxy groups -OCH3 is 1. The van der Waals surface area contributed by atoms with Crippen molar-refractivity contribution in [1.82, 2.24) is 19.0 Å². The van der Waals surface area contributed by atoms with E-state index in [0.717, 1.165) is 32.1 Å². The van der Waals surface area contributed by atoms with Crippen LogP contribution in [0, 0.1) is 19.8 Å². The minimum absolute atomic E-state index is 0.0195. The fourth-order valence-electron chi connectivity index (χ4n) is 5.95. The van der Waals surface area contributed by atoms with Crippen molar-refractivity contribution in [3.8, 4) is 5.75 Å². The maximum Gasteiger partial charge on any atom is 0.328 e. The summed E-state index contributed by atoms with van der Waals surface area (Å²) in [7, 11) is -0.574. The lowest BCUT2D eigenvalue weighted by molar-refractivity contribution is -0.139. The van der Waals surface area contributed by atoms with Gasteiger partial charge in [-0.3, -0.25) is 9.69 Å². The number of ether oxygens (including phenoxy) is 2. The number of aliphatic carboxylic acids is 2. The summed E-state index contributed by atoms with van der Waals surface area (Å²) in [6.07, 6.45) is 3.73. The number of fused-ring (bicyclic) bond motifs is 3. The Morgan fingerprint density at radius 2 is 1.53 bits per heavy atom. The van der Waals surface area contributed by atoms with Crippen LogP contribution in [0.3, 0.4) is 0 Å². The maximum atomic E-state index is 13.1. The highest BCUT2D eigenvalue weighted by Crippen LogP contribution is 2.31. The first-order valence-corrected chi connectivity index (χ1v) is 15.8. The molecule has 4 heterocycles. The summed E-state index contributed by atoms with van der Waals surface area (Å²) < 4.78 is 38.3. The van der Waals surface area contributed by atoms with Crippen molar-refractivity contribution < 1.29 is 42.5 Å². The minimum atomic E-state index is -3.67. The van der Waals surface area contributed by atoms with Crippen molar-refractivity contribution in [2.45, 2.75) is 37.6 Å². The number of piperidine rings is 3. The first kappa shape index (κ1) is 34.5. The molecule has 1 atom stereocenters. The zero-order valence-corrected chi connectivity index (χ0v) is 26.2. The summed E-state index contributed by atoms with van der Waals surface area (Å²) in [6.45, 7) is 10.8. The fourth-order valence-corrected chi connectivity index (χ4v) is 7.51. The van der Waals surface area contributed by atoms with E-state index in [1.165, 1.54) is 43.8 Å². The molecule has 1 aromatic rings. The van der Waals surface area contributed by atoms with Gasteiger partial charge in [0.25, 0.3) is 0 Å². The van der Waals surface area contributed by atoms with Gasteiger partial charge in [-0.1, -0.05) is 0 Å². The Bertz CT molecular complexity index is 1230. The van der Waals surface area contributed by atoms with Gasteiger partial charge in [0.05, 0.1) is 18.6 Å². The first-order valence-electron chi connectivity index (χ1n) is 14.4. The third kappa shape index (κ3) is 9.47. The average molecular weight is 625 g/mol. The summed E-state index contributed by atoms with van der Waals surface area (Å²) in [5.74, 6) is -1.09. The van der Waals surface area contributed by atoms with Crippen molar-refractivity contribution in [3.63, 3.8) is 0 Å². The Kier molecular flexibility index (Phi) is 12.5. The molecular formula is C29H44N4O9S. The normalized spacial score (nSPS) is 22.3. The first-order chi connectivity index (χ1) is 20.3. The largest absolute Gasteiger partial charge is 0.497 e. The predicted octanol–water partition coefficient (Wildman–Crippen LogP) is 0.899. The van der Waals surface area contributed by atoms with Gasteiger partial charge in [0.1, 0.15) is 12.4 Å². The smallest absolute Gasteiger partial charge is 0.328 e. The van der Waals surface area contributed by atoms with E-state index < -0.39 is 22.0 Å². The molecule has 0 radical (unpaired) electrons. The molecule has 4 aliphatic rings. The second kappa shape index (κ2) is 15.6. The molecule has 2 bridgehead atoms. The molecule has 1 aromatic carbocycles. The molecule has 0 unspecified atom stereocenters. The summed E-state index contributed by atoms with van der Waals surface area (Å²) in [4.78, 5) is 39.1. The van der Waals surface area contributed by atoms with Gasteiger partial charge < -0.3 is 29.5 Å². The molecule has 43 heavy (non-hydrogen) atoms. The van der Waals surface area contributed by atoms with E-state index in [1.54, 1.807) is 33.1 Å². The number of hydrogen-bond donors (Lipinski definition) is 2. The van der Waals surface area contributed by atoms with E-state index in [2.05, 4.69) is 9.80 Å². The van der Waals surface area contributed by atoms with Crippen molar-refractivity contribution in [2.24, 2.45) is 5.92 Å². The van der Waals surface area contributed by atoms with E-state index in [-0.39, 0.29) is 30.6 Å². The lowest BCUT2D eigenvalue weighted by Gasteiger charge is -2.51. The summed E-state index contributed by atoms with van der Waals surface area (Å²) in [6, 6.07) is 4.08. The lowest BCUT2D eigenvalue weighted by Crippen LogP contribution is -2.61. The number of sulfonamides is 1. The summed E-state index contributed by atoms with van der Waals surface area (Å²) >= 11 is 0. The molecular weight excluding hydrogens is 580 g/mol. The number of amides is 1. The molecule has 0 aliphatic carbocycles. The number of carboxylic acid groups (broad SMARTS) is 2. The Labute approximate surface area is 253 Å². The molecule has 4 saturated heterocycles. The van der Waals surface area contributed by atoms with Crippen LogP contribution in [0.25, 0.3) is 0 Å². The van der Waals surface area contributed by atoms with Crippen LogP contribution in [-0.2, 0) is 29.1 Å². The average Bonchev–Trinajstić information content (AvgIpc) is 2.98. The van der Waals surface area contributed by atoms with E-state index in [4.69, 9.17) is 19.7 Å². The number of hydrogen-bond acceptors (Lipinski definition) is 9. The standard InChI is InChI=1S/C25H40N4O5S.C4H4O4/c1-19-15-22(33-4)16-20(2)25(19)35(31,32)26(3)13-14-34-18-24(30)29-11-9-28(10-12-29)23-17-27-7-5-21(23)6-8-27;5-3(6)1-2-4(7)8/h15-16,21,23H,5-14,17-18H2,1-4H3;1-2H,(H,5,6)(H,7,8)/b;2-1+/t23-;/m1./s1. The van der Waals surface area contributed by atoms with Gasteiger partial charge in [0.15, 0.2) is 0 Å². The van der Waals surface area contributed by atoms with Crippen LogP contribution < -0.4 is 4.74 Å². The number of benzene rings is 1. The molecule has 14 heteroatoms. The zero-order valence-electron chi connectivity index (χ0n) is 25.4. The second-order valence-electron chi connectivity index (χ2n) is 11.1. The monoisotopic (exact) mass is 624 g/mol. The van der Waals surface area contributed by atoms with Crippen LogP contribution in [0.15, 0.2) is 29.2 Å². The van der Waals surface area contributed by atoms with Gasteiger partial charge in [-0.25, -0.2) is 18.0 Å². The van der Waals surface area contributed by atoms with Crippen LogP contribution in [0.2, 0.25) is 0 Å². The molecule has 0 saturated carbocycles. The van der Waals surface area contributed by atoms with Gasteiger partial charge in [0.2, 0.25) is 15.9 Å². The highest BCUT2D eigenvalue weighted by atomic mass is 32.2. The van der Waals surface area contributed by atoms with Crippen molar-refractivity contribution in [3.05, 3.63) is 35.4 Å². The SMILES string of the molecule is COc1cc(C)c(S(=O)(=O)N(C)CCOCC(=O)N2CCN([C@@H]3CN4CCC3CC4)CC2)c(C)c1.O=C(O)/C=C/C(=O)O. The molecule has 240 valence electrons. The van der Waals surface area contributed by atoms with E-state index >= 15 is 0 Å². The number of aryl methyl sites for hydroxylation is 2. The Morgan fingerprint density at radius 3 is 2.00 bits per heavy atom. The second-order valence-corrected chi connectivity index (χ2v) is 13.1. The van der Waals surface area contributed by atoms with Crippen molar-refractivity contribution in [2.75, 3.05) is 79.7 Å². The zero-order chi connectivity index (χ0) is 31.7. The van der Waals surface area contributed by atoms with E-state index in [1.807, 2.05) is 4.90 Å². The number of carboxylic acids is 2. The minimum Gasteiger partial charge on any atom is -0.497 e.